The van der Waals surface area contributed by atoms with Crippen LogP contribution in [0.15, 0.2) is 11.3 Å². The van der Waals surface area contributed by atoms with Crippen LogP contribution in [0.1, 0.15) is 6.92 Å². The Balaban J connectivity index is 2.25. The van der Waals surface area contributed by atoms with E-state index in [2.05, 4.69) is 0 Å². The summed E-state index contributed by atoms with van der Waals surface area (Å²) in [5.41, 5.74) is 0.329. The van der Waals surface area contributed by atoms with E-state index in [9.17, 15) is 19.5 Å². The first-order valence-corrected chi connectivity index (χ1v) is 6.58. The molecule has 19 heavy (non-hydrogen) atoms. The normalized spacial score (nSPS) is 25.8. The van der Waals surface area contributed by atoms with Gasteiger partial charge in [0.25, 0.3) is 5.91 Å². The maximum atomic E-state index is 11.8. The summed E-state index contributed by atoms with van der Waals surface area (Å²) >= 11 is 1.40. The molecule has 0 radical (unpaired) electrons. The number of esters is 1. The van der Waals surface area contributed by atoms with Crippen LogP contribution >= 0.6 is 11.8 Å². The molecule has 0 unspecified atom stereocenters. The van der Waals surface area contributed by atoms with E-state index in [1.54, 1.807) is 0 Å². The minimum atomic E-state index is -1.20. The van der Waals surface area contributed by atoms with Crippen molar-refractivity contribution in [3.63, 3.8) is 0 Å². The van der Waals surface area contributed by atoms with Gasteiger partial charge in [0, 0.05) is 25.4 Å². The molecular formula is C11H13NO6S. The summed E-state index contributed by atoms with van der Waals surface area (Å²) in [6, 6.07) is 0. The molecule has 0 aromatic carbocycles. The molecule has 0 aromatic rings. The van der Waals surface area contributed by atoms with Gasteiger partial charge in [-0.05, 0) is 0 Å². The zero-order chi connectivity index (χ0) is 14.2. The van der Waals surface area contributed by atoms with Crippen molar-refractivity contribution in [3.05, 3.63) is 11.3 Å². The highest BCUT2D eigenvalue weighted by atomic mass is 32.2. The van der Waals surface area contributed by atoms with Crippen LogP contribution in [0.4, 0.5) is 0 Å². The smallest absolute Gasteiger partial charge is 0.352 e. The minimum Gasteiger partial charge on any atom is -0.477 e. The van der Waals surface area contributed by atoms with Crippen molar-refractivity contribution in [2.45, 2.75) is 18.4 Å². The molecule has 1 amide bonds. The molecule has 2 atom stereocenters. The fraction of sp³-hybridized carbons (Fsp3) is 0.545. The first kappa shape index (κ1) is 13.9. The minimum absolute atomic E-state index is 0.0942. The maximum absolute atomic E-state index is 11.8. The van der Waals surface area contributed by atoms with Crippen LogP contribution in [0.2, 0.25) is 0 Å². The highest BCUT2D eigenvalue weighted by Crippen LogP contribution is 2.41. The predicted octanol–water partition coefficient (Wildman–Crippen LogP) is -0.182. The van der Waals surface area contributed by atoms with Gasteiger partial charge in [-0.15, -0.1) is 11.8 Å². The van der Waals surface area contributed by atoms with E-state index in [1.807, 2.05) is 0 Å². The first-order valence-electron chi connectivity index (χ1n) is 5.53. The van der Waals surface area contributed by atoms with E-state index in [0.29, 0.717) is 11.3 Å². The number of carbonyl (C=O) groups excluding carboxylic acids is 2. The number of ether oxygens (including phenoxy) is 2. The average Bonchev–Trinajstić information content (AvgIpc) is 2.35. The van der Waals surface area contributed by atoms with E-state index in [1.165, 1.54) is 30.7 Å². The number of thioether (sulfide) groups is 1. The molecule has 1 N–H and O–H groups in total. The summed E-state index contributed by atoms with van der Waals surface area (Å²) in [5.74, 6) is -1.68. The molecule has 0 aliphatic carbocycles. The van der Waals surface area contributed by atoms with Gasteiger partial charge < -0.3 is 14.6 Å². The maximum Gasteiger partial charge on any atom is 0.352 e. The van der Waals surface area contributed by atoms with Gasteiger partial charge in [0.2, 0.25) is 0 Å². The molecule has 104 valence electrons. The van der Waals surface area contributed by atoms with Crippen LogP contribution in [-0.4, -0.2) is 58.8 Å². The largest absolute Gasteiger partial charge is 0.477 e. The Morgan fingerprint density at radius 1 is 1.53 bits per heavy atom. The summed E-state index contributed by atoms with van der Waals surface area (Å²) in [5, 5.41) is 8.92. The number of carboxylic acids is 1. The average molecular weight is 287 g/mol. The number of nitrogens with zero attached hydrogens (tertiary/aromatic N) is 1. The third kappa shape index (κ3) is 2.33. The summed E-state index contributed by atoms with van der Waals surface area (Å²) in [6.07, 6.45) is -0.602. The second-order valence-corrected chi connectivity index (χ2v) is 5.21. The fourth-order valence-electron chi connectivity index (χ4n) is 2.03. The second kappa shape index (κ2) is 5.22. The lowest BCUT2D eigenvalue weighted by Gasteiger charge is -2.48. The van der Waals surface area contributed by atoms with Crippen LogP contribution < -0.4 is 0 Å². The van der Waals surface area contributed by atoms with E-state index >= 15 is 0 Å². The Kier molecular flexibility index (Phi) is 3.81. The molecule has 2 rings (SSSR count). The number of rotatable bonds is 4. The Hall–Kier alpha value is -1.54. The zero-order valence-electron chi connectivity index (χ0n) is 10.4. The summed E-state index contributed by atoms with van der Waals surface area (Å²) in [4.78, 5) is 35.1. The molecule has 1 saturated heterocycles. The lowest BCUT2D eigenvalue weighted by Crippen LogP contribution is -2.65. The van der Waals surface area contributed by atoms with Crippen LogP contribution in [-0.2, 0) is 23.9 Å². The lowest BCUT2D eigenvalue weighted by atomic mass is 10.1. The highest BCUT2D eigenvalue weighted by Gasteiger charge is 2.54. The molecule has 0 saturated carbocycles. The predicted molar refractivity (Wildman–Crippen MR) is 65.2 cm³/mol. The number of methoxy groups -OCH3 is 1. The molecule has 2 aliphatic heterocycles. The molecule has 0 aromatic heterocycles. The second-order valence-electron chi connectivity index (χ2n) is 4.10. The molecule has 2 aliphatic rings. The number of amides is 1. The van der Waals surface area contributed by atoms with Crippen molar-refractivity contribution in [1.29, 1.82) is 0 Å². The fourth-order valence-corrected chi connectivity index (χ4v) is 3.38. The van der Waals surface area contributed by atoms with Gasteiger partial charge in [-0.25, -0.2) is 4.79 Å². The van der Waals surface area contributed by atoms with Crippen LogP contribution in [0, 0.1) is 0 Å². The van der Waals surface area contributed by atoms with Gasteiger partial charge in [0.15, 0.2) is 6.10 Å². The van der Waals surface area contributed by atoms with Crippen molar-refractivity contribution in [1.82, 2.24) is 4.90 Å². The van der Waals surface area contributed by atoms with Gasteiger partial charge in [-0.3, -0.25) is 14.5 Å². The van der Waals surface area contributed by atoms with Gasteiger partial charge in [0.1, 0.15) is 17.7 Å². The molecule has 1 fully saturated rings. The van der Waals surface area contributed by atoms with Gasteiger partial charge >= 0.3 is 11.9 Å². The number of carboxylic acid groups (broad SMARTS) is 1. The molecule has 2 heterocycles. The van der Waals surface area contributed by atoms with E-state index in [-0.39, 0.29) is 23.6 Å². The molecular weight excluding hydrogens is 274 g/mol. The number of hydrogen-bond donors (Lipinski definition) is 1. The van der Waals surface area contributed by atoms with Crippen LogP contribution in [0.25, 0.3) is 0 Å². The molecule has 7 nitrogen and oxygen atoms in total. The topological polar surface area (TPSA) is 93.1 Å². The quantitative estimate of drug-likeness (QED) is 0.566. The van der Waals surface area contributed by atoms with E-state index in [0.717, 1.165) is 0 Å². The van der Waals surface area contributed by atoms with E-state index in [4.69, 9.17) is 9.47 Å². The summed E-state index contributed by atoms with van der Waals surface area (Å²) in [6.45, 7) is 1.13. The van der Waals surface area contributed by atoms with Crippen LogP contribution in [0.5, 0.6) is 0 Å². The van der Waals surface area contributed by atoms with Crippen molar-refractivity contribution < 1.29 is 29.0 Å². The van der Waals surface area contributed by atoms with Crippen molar-refractivity contribution in [2.24, 2.45) is 0 Å². The number of aliphatic carboxylic acids is 1. The number of β-lactam (4-membered cyclic amide) rings is 1. The third-order valence-electron chi connectivity index (χ3n) is 2.90. The van der Waals surface area contributed by atoms with Crippen molar-refractivity contribution in [3.8, 4) is 0 Å². The molecule has 0 spiro atoms. The molecule has 8 heteroatoms. The number of fused-ring (bicyclic) bond motifs is 1. The Morgan fingerprint density at radius 3 is 2.74 bits per heavy atom. The van der Waals surface area contributed by atoms with Crippen molar-refractivity contribution in [2.75, 3.05) is 19.5 Å². The Bertz CT molecular complexity index is 474. The summed E-state index contributed by atoms with van der Waals surface area (Å²) in [7, 11) is 1.42. The highest BCUT2D eigenvalue weighted by molar-refractivity contribution is 8.00. The SMILES string of the molecule is CO[C@@H]1C(=O)N2C(C(=O)O)=C(COC(C)=O)CS[C@H]12. The van der Waals surface area contributed by atoms with Crippen LogP contribution in [0.3, 0.4) is 0 Å². The van der Waals surface area contributed by atoms with Crippen molar-refractivity contribution >= 4 is 29.6 Å². The summed E-state index contributed by atoms with van der Waals surface area (Å²) < 4.78 is 9.83. The standard InChI is InChI=1S/C11H13NO6S/c1-5(13)18-3-6-4-19-10-8(17-2)9(14)12(10)7(6)11(15)16/h8,10H,3-4H2,1-2H3,(H,15,16)/t8-,10-/m1/s1. The van der Waals surface area contributed by atoms with Gasteiger partial charge in [-0.1, -0.05) is 0 Å². The van der Waals surface area contributed by atoms with E-state index < -0.39 is 18.0 Å². The Labute approximate surface area is 113 Å². The number of carbonyl (C=O) groups is 3. The lowest BCUT2D eigenvalue weighted by molar-refractivity contribution is -0.162. The molecule has 0 bridgehead atoms. The third-order valence-corrected chi connectivity index (χ3v) is 4.22. The van der Waals surface area contributed by atoms with Gasteiger partial charge in [0.05, 0.1) is 0 Å². The Morgan fingerprint density at radius 2 is 2.21 bits per heavy atom. The first-order chi connectivity index (χ1) is 8.97. The zero-order valence-corrected chi connectivity index (χ0v) is 11.2. The number of hydrogen-bond acceptors (Lipinski definition) is 6. The van der Waals surface area contributed by atoms with Gasteiger partial charge in [-0.2, -0.15) is 0 Å². The monoisotopic (exact) mass is 287 g/mol.